The van der Waals surface area contributed by atoms with Crippen molar-refractivity contribution in [2.75, 3.05) is 12.4 Å². The number of hydrazone groups is 1. The number of benzene rings is 3. The number of rotatable bonds is 7. The maximum Gasteiger partial charge on any atom is 0.343 e. The second-order valence-electron chi connectivity index (χ2n) is 7.13. The summed E-state index contributed by atoms with van der Waals surface area (Å²) < 4.78 is 10.7. The SMILES string of the molecule is CCc1ccc(NC(=O)C(=O)N/N=C/c2ccc(OC(=O)c3ccc(Cl)c(Cl)c3)c(OC)c2)cc1. The molecule has 3 aromatic rings. The lowest BCUT2D eigenvalue weighted by atomic mass is 10.1. The zero-order chi connectivity index (χ0) is 25.4. The first-order chi connectivity index (χ1) is 16.8. The molecule has 3 rings (SSSR count). The molecule has 0 atom stereocenters. The summed E-state index contributed by atoms with van der Waals surface area (Å²) in [6, 6.07) is 16.2. The average Bonchev–Trinajstić information content (AvgIpc) is 2.86. The predicted molar refractivity (Wildman–Crippen MR) is 135 cm³/mol. The Balaban J connectivity index is 1.60. The van der Waals surface area contributed by atoms with Crippen LogP contribution in [0.1, 0.15) is 28.4 Å². The summed E-state index contributed by atoms with van der Waals surface area (Å²) in [7, 11) is 1.41. The normalized spacial score (nSPS) is 10.6. The van der Waals surface area contributed by atoms with Crippen LogP contribution in [0.5, 0.6) is 11.5 Å². The smallest absolute Gasteiger partial charge is 0.343 e. The zero-order valence-electron chi connectivity index (χ0n) is 18.8. The quantitative estimate of drug-likeness (QED) is 0.154. The highest BCUT2D eigenvalue weighted by Crippen LogP contribution is 2.29. The van der Waals surface area contributed by atoms with Crippen LogP contribution in [0.2, 0.25) is 10.0 Å². The van der Waals surface area contributed by atoms with Crippen LogP contribution in [0.15, 0.2) is 65.8 Å². The number of amides is 2. The van der Waals surface area contributed by atoms with Crippen molar-refractivity contribution in [2.24, 2.45) is 5.10 Å². The molecule has 0 aliphatic heterocycles. The highest BCUT2D eigenvalue weighted by molar-refractivity contribution is 6.42. The number of esters is 1. The van der Waals surface area contributed by atoms with Crippen molar-refractivity contribution in [3.05, 3.63) is 87.4 Å². The van der Waals surface area contributed by atoms with Gasteiger partial charge in [-0.1, -0.05) is 42.3 Å². The van der Waals surface area contributed by atoms with E-state index in [1.807, 2.05) is 19.1 Å². The van der Waals surface area contributed by atoms with Gasteiger partial charge in [0.25, 0.3) is 0 Å². The number of nitrogens with one attached hydrogen (secondary N) is 2. The molecule has 2 N–H and O–H groups in total. The maximum atomic E-state index is 12.4. The van der Waals surface area contributed by atoms with E-state index in [-0.39, 0.29) is 22.1 Å². The van der Waals surface area contributed by atoms with Crippen LogP contribution in [-0.2, 0) is 16.0 Å². The van der Waals surface area contributed by atoms with Crippen molar-refractivity contribution in [2.45, 2.75) is 13.3 Å². The Morgan fingerprint density at radius 3 is 2.31 bits per heavy atom. The van der Waals surface area contributed by atoms with Crippen molar-refractivity contribution in [3.8, 4) is 11.5 Å². The highest BCUT2D eigenvalue weighted by Gasteiger charge is 2.15. The molecule has 0 heterocycles. The van der Waals surface area contributed by atoms with Gasteiger partial charge in [0.1, 0.15) is 0 Å². The maximum absolute atomic E-state index is 12.4. The number of aryl methyl sites for hydroxylation is 1. The van der Waals surface area contributed by atoms with Gasteiger partial charge < -0.3 is 14.8 Å². The molecule has 0 aliphatic carbocycles. The molecule has 0 spiro atoms. The molecule has 0 aromatic heterocycles. The number of nitrogens with zero attached hydrogens (tertiary/aromatic N) is 1. The molecule has 180 valence electrons. The standard InChI is InChI=1S/C25H21Cl2N3O5/c1-3-15-4-8-18(9-5-15)29-23(31)24(32)30-28-14-16-6-11-21(22(12-16)34-2)35-25(33)17-7-10-19(26)20(27)13-17/h4-14H,3H2,1-2H3,(H,29,31)(H,30,32)/b28-14+. The van der Waals surface area contributed by atoms with E-state index in [4.69, 9.17) is 32.7 Å². The third-order valence-electron chi connectivity index (χ3n) is 4.75. The number of methoxy groups -OCH3 is 1. The Hall–Kier alpha value is -3.88. The number of ether oxygens (including phenoxy) is 2. The Kier molecular flexibility index (Phi) is 8.83. The second kappa shape index (κ2) is 12.0. The first-order valence-corrected chi connectivity index (χ1v) is 11.1. The summed E-state index contributed by atoms with van der Waals surface area (Å²) in [6.45, 7) is 2.02. The molecular weight excluding hydrogens is 493 g/mol. The van der Waals surface area contributed by atoms with Crippen LogP contribution in [0, 0.1) is 0 Å². The van der Waals surface area contributed by atoms with Crippen LogP contribution in [0.3, 0.4) is 0 Å². The van der Waals surface area contributed by atoms with E-state index in [1.54, 1.807) is 24.3 Å². The number of halogens is 2. The van der Waals surface area contributed by atoms with Crippen molar-refractivity contribution >= 4 is 52.9 Å². The van der Waals surface area contributed by atoms with Gasteiger partial charge in [0, 0.05) is 5.69 Å². The third-order valence-corrected chi connectivity index (χ3v) is 5.49. The van der Waals surface area contributed by atoms with E-state index in [0.717, 1.165) is 12.0 Å². The van der Waals surface area contributed by atoms with Crippen LogP contribution in [0.25, 0.3) is 0 Å². The summed E-state index contributed by atoms with van der Waals surface area (Å²) in [5.74, 6) is -2.01. The number of hydrogen-bond donors (Lipinski definition) is 2. The monoisotopic (exact) mass is 513 g/mol. The van der Waals surface area contributed by atoms with Crippen LogP contribution >= 0.6 is 23.2 Å². The molecule has 3 aromatic carbocycles. The molecule has 0 aliphatic rings. The molecule has 10 heteroatoms. The van der Waals surface area contributed by atoms with Gasteiger partial charge in [-0.25, -0.2) is 10.2 Å². The average molecular weight is 514 g/mol. The van der Waals surface area contributed by atoms with E-state index in [2.05, 4.69) is 15.8 Å². The van der Waals surface area contributed by atoms with Crippen molar-refractivity contribution in [3.63, 3.8) is 0 Å². The van der Waals surface area contributed by atoms with Crippen molar-refractivity contribution in [1.82, 2.24) is 5.43 Å². The Bertz CT molecular complexity index is 1280. The van der Waals surface area contributed by atoms with E-state index < -0.39 is 17.8 Å². The molecule has 0 saturated carbocycles. The van der Waals surface area contributed by atoms with Crippen LogP contribution < -0.4 is 20.2 Å². The molecule has 0 fully saturated rings. The van der Waals surface area contributed by atoms with Gasteiger partial charge in [0.05, 0.1) is 28.9 Å². The molecule has 0 unspecified atom stereocenters. The summed E-state index contributed by atoms with van der Waals surface area (Å²) in [5.41, 5.74) is 4.51. The van der Waals surface area contributed by atoms with Gasteiger partial charge in [-0.05, 0) is 66.1 Å². The third kappa shape index (κ3) is 7.05. The minimum Gasteiger partial charge on any atom is -0.493 e. The van der Waals surface area contributed by atoms with E-state index in [9.17, 15) is 14.4 Å². The fourth-order valence-electron chi connectivity index (χ4n) is 2.86. The molecule has 8 nitrogen and oxygen atoms in total. The van der Waals surface area contributed by atoms with E-state index in [1.165, 1.54) is 37.6 Å². The van der Waals surface area contributed by atoms with Crippen molar-refractivity contribution < 1.29 is 23.9 Å². The van der Waals surface area contributed by atoms with E-state index >= 15 is 0 Å². The zero-order valence-corrected chi connectivity index (χ0v) is 20.3. The first kappa shape index (κ1) is 25.7. The molecule has 0 saturated heterocycles. The second-order valence-corrected chi connectivity index (χ2v) is 7.95. The lowest BCUT2D eigenvalue weighted by Gasteiger charge is -2.10. The Morgan fingerprint density at radius 1 is 0.914 bits per heavy atom. The van der Waals surface area contributed by atoms with Crippen molar-refractivity contribution in [1.29, 1.82) is 0 Å². The molecule has 35 heavy (non-hydrogen) atoms. The molecule has 0 bridgehead atoms. The molecular formula is C25H21Cl2N3O5. The Morgan fingerprint density at radius 2 is 1.66 bits per heavy atom. The van der Waals surface area contributed by atoms with E-state index in [0.29, 0.717) is 16.3 Å². The Labute approximate surface area is 211 Å². The fourth-order valence-corrected chi connectivity index (χ4v) is 3.16. The summed E-state index contributed by atoms with van der Waals surface area (Å²) in [5, 5.41) is 6.83. The number of hydrogen-bond acceptors (Lipinski definition) is 6. The van der Waals surface area contributed by atoms with Gasteiger partial charge in [0.2, 0.25) is 0 Å². The van der Waals surface area contributed by atoms with Gasteiger partial charge in [-0.15, -0.1) is 0 Å². The topological polar surface area (TPSA) is 106 Å². The number of anilines is 1. The lowest BCUT2D eigenvalue weighted by Crippen LogP contribution is -2.32. The molecule has 0 radical (unpaired) electrons. The number of carbonyl (C=O) groups is 3. The summed E-state index contributed by atoms with van der Waals surface area (Å²) in [6.07, 6.45) is 2.18. The molecule has 2 amide bonds. The highest BCUT2D eigenvalue weighted by atomic mass is 35.5. The van der Waals surface area contributed by atoms with Gasteiger partial charge >= 0.3 is 17.8 Å². The first-order valence-electron chi connectivity index (χ1n) is 10.4. The summed E-state index contributed by atoms with van der Waals surface area (Å²) in [4.78, 5) is 36.4. The predicted octanol–water partition coefficient (Wildman–Crippen LogP) is 4.87. The van der Waals surface area contributed by atoms with Gasteiger partial charge in [-0.3, -0.25) is 9.59 Å². The van der Waals surface area contributed by atoms with Crippen LogP contribution in [0.4, 0.5) is 5.69 Å². The fraction of sp³-hybridized carbons (Fsp3) is 0.120. The minimum absolute atomic E-state index is 0.165. The number of carbonyl (C=O) groups excluding carboxylic acids is 3. The van der Waals surface area contributed by atoms with Gasteiger partial charge in [0.15, 0.2) is 11.5 Å². The largest absolute Gasteiger partial charge is 0.493 e. The van der Waals surface area contributed by atoms with Crippen LogP contribution in [-0.4, -0.2) is 31.1 Å². The van der Waals surface area contributed by atoms with Gasteiger partial charge in [-0.2, -0.15) is 5.10 Å². The minimum atomic E-state index is -0.931. The lowest BCUT2D eigenvalue weighted by molar-refractivity contribution is -0.136. The summed E-state index contributed by atoms with van der Waals surface area (Å²) >= 11 is 11.8.